The van der Waals surface area contributed by atoms with Gasteiger partial charge >= 0.3 is 5.97 Å². The van der Waals surface area contributed by atoms with Crippen molar-refractivity contribution in [3.63, 3.8) is 0 Å². The number of benzene rings is 2. The van der Waals surface area contributed by atoms with E-state index in [0.29, 0.717) is 6.04 Å². The van der Waals surface area contributed by atoms with Crippen LogP contribution >= 0.6 is 0 Å². The van der Waals surface area contributed by atoms with Crippen molar-refractivity contribution in [2.45, 2.75) is 74.0 Å². The minimum Gasteiger partial charge on any atom is -0.480 e. The van der Waals surface area contributed by atoms with Gasteiger partial charge in [-0.25, -0.2) is 8.42 Å². The number of hydrogen-bond acceptors (Lipinski definition) is 4. The average molecular weight is 441 g/mol. The quantitative estimate of drug-likeness (QED) is 0.716. The van der Waals surface area contributed by atoms with Crippen LogP contribution in [0.2, 0.25) is 0 Å². The molecule has 7 heteroatoms. The zero-order valence-corrected chi connectivity index (χ0v) is 18.3. The van der Waals surface area contributed by atoms with Gasteiger partial charge in [-0.1, -0.05) is 55.7 Å². The summed E-state index contributed by atoms with van der Waals surface area (Å²) in [5.74, 6) is -1.49. The molecule has 2 saturated carbocycles. The van der Waals surface area contributed by atoms with Gasteiger partial charge in [0, 0.05) is 25.0 Å². The molecular formula is C24H28N2O4S. The standard InChI is InChI=1S/C24H28N2O4S/c27-23(28)24(14-22(24)17-7-3-1-4-8-17)25-31(29,30)21-12-11-18-15-26(16-19(18)13-21)20-9-5-2-6-10-20/h1,3-4,7-8,11-13,20,22,25H,2,5-6,9-10,14-16H2,(H,27,28)/t22-,24-/m0/s1. The first kappa shape index (κ1) is 20.7. The molecule has 6 nitrogen and oxygen atoms in total. The third-order valence-corrected chi connectivity index (χ3v) is 8.69. The predicted molar refractivity (Wildman–Crippen MR) is 117 cm³/mol. The van der Waals surface area contributed by atoms with Crippen molar-refractivity contribution in [2.24, 2.45) is 0 Å². The summed E-state index contributed by atoms with van der Waals surface area (Å²) in [4.78, 5) is 14.7. The molecule has 0 unspecified atom stereocenters. The Morgan fingerprint density at radius 2 is 1.71 bits per heavy atom. The molecule has 2 aromatic rings. The van der Waals surface area contributed by atoms with E-state index in [1.165, 1.54) is 37.7 Å². The van der Waals surface area contributed by atoms with Crippen LogP contribution in [0, 0.1) is 0 Å². The lowest BCUT2D eigenvalue weighted by atomic mass is 9.94. The maximum Gasteiger partial charge on any atom is 0.325 e. The molecule has 0 aromatic heterocycles. The molecule has 2 aliphatic carbocycles. The summed E-state index contributed by atoms with van der Waals surface area (Å²) < 4.78 is 28.9. The number of sulfonamides is 1. The second-order valence-electron chi connectivity index (χ2n) is 9.18. The van der Waals surface area contributed by atoms with Gasteiger partial charge in [-0.15, -0.1) is 0 Å². The van der Waals surface area contributed by atoms with Crippen LogP contribution in [0.3, 0.4) is 0 Å². The molecule has 2 atom stereocenters. The first-order chi connectivity index (χ1) is 14.9. The van der Waals surface area contributed by atoms with E-state index in [1.54, 1.807) is 12.1 Å². The molecule has 164 valence electrons. The number of aliphatic carboxylic acids is 1. The number of nitrogens with one attached hydrogen (secondary N) is 1. The first-order valence-electron chi connectivity index (χ1n) is 11.1. The fraction of sp³-hybridized carbons (Fsp3) is 0.458. The molecule has 0 radical (unpaired) electrons. The molecule has 0 saturated heterocycles. The van der Waals surface area contributed by atoms with Crippen molar-refractivity contribution in [3.05, 3.63) is 65.2 Å². The van der Waals surface area contributed by atoms with Gasteiger partial charge in [0.15, 0.2) is 0 Å². The molecule has 3 aliphatic rings. The van der Waals surface area contributed by atoms with Gasteiger partial charge in [0.05, 0.1) is 4.90 Å². The number of carbonyl (C=O) groups is 1. The average Bonchev–Trinajstić information content (AvgIpc) is 3.34. The van der Waals surface area contributed by atoms with Crippen molar-refractivity contribution in [1.82, 2.24) is 9.62 Å². The Hall–Kier alpha value is -2.22. The summed E-state index contributed by atoms with van der Waals surface area (Å²) in [6.45, 7) is 1.63. The fourth-order valence-electron chi connectivity index (χ4n) is 5.31. The highest BCUT2D eigenvalue weighted by Crippen LogP contribution is 2.52. The van der Waals surface area contributed by atoms with Crippen LogP contribution in [0.4, 0.5) is 0 Å². The van der Waals surface area contributed by atoms with E-state index in [2.05, 4.69) is 9.62 Å². The Labute approximate surface area is 183 Å². The lowest BCUT2D eigenvalue weighted by molar-refractivity contribution is -0.140. The molecule has 31 heavy (non-hydrogen) atoms. The summed E-state index contributed by atoms with van der Waals surface area (Å²) >= 11 is 0. The molecule has 5 rings (SSSR count). The van der Waals surface area contributed by atoms with E-state index >= 15 is 0 Å². The van der Waals surface area contributed by atoms with E-state index in [1.807, 2.05) is 36.4 Å². The number of hydrogen-bond donors (Lipinski definition) is 2. The summed E-state index contributed by atoms with van der Waals surface area (Å²) in [7, 11) is -3.95. The van der Waals surface area contributed by atoms with Crippen LogP contribution in [0.1, 0.15) is 61.1 Å². The number of rotatable bonds is 6. The Balaban J connectivity index is 1.35. The normalized spacial score (nSPS) is 26.5. The second-order valence-corrected chi connectivity index (χ2v) is 10.9. The highest BCUT2D eigenvalue weighted by atomic mass is 32.2. The fourth-order valence-corrected chi connectivity index (χ4v) is 6.77. The SMILES string of the molecule is O=C(O)[C@]1(NS(=O)(=O)c2ccc3c(c2)CN(C2CCCCC2)C3)C[C@H]1c1ccccc1. The van der Waals surface area contributed by atoms with Gasteiger partial charge < -0.3 is 5.11 Å². The van der Waals surface area contributed by atoms with E-state index in [4.69, 9.17) is 0 Å². The second kappa shape index (κ2) is 7.73. The van der Waals surface area contributed by atoms with Crippen molar-refractivity contribution >= 4 is 16.0 Å². The van der Waals surface area contributed by atoms with Crippen molar-refractivity contribution < 1.29 is 18.3 Å². The first-order valence-corrected chi connectivity index (χ1v) is 12.6. The van der Waals surface area contributed by atoms with E-state index in [0.717, 1.165) is 24.2 Å². The maximum atomic E-state index is 13.2. The number of carboxylic acid groups (broad SMARTS) is 1. The van der Waals surface area contributed by atoms with E-state index < -0.39 is 21.5 Å². The van der Waals surface area contributed by atoms with E-state index in [9.17, 15) is 18.3 Å². The van der Waals surface area contributed by atoms with Crippen LogP contribution in [0.5, 0.6) is 0 Å². The predicted octanol–water partition coefficient (Wildman–Crippen LogP) is 3.62. The third kappa shape index (κ3) is 3.79. The number of nitrogens with zero attached hydrogens (tertiary/aromatic N) is 1. The molecule has 2 fully saturated rings. The summed E-state index contributed by atoms with van der Waals surface area (Å²) in [6, 6.07) is 15.0. The Bertz CT molecular complexity index is 1100. The maximum absolute atomic E-state index is 13.2. The highest BCUT2D eigenvalue weighted by Gasteiger charge is 2.63. The monoisotopic (exact) mass is 440 g/mol. The van der Waals surface area contributed by atoms with Crippen molar-refractivity contribution in [3.8, 4) is 0 Å². The minimum absolute atomic E-state index is 0.149. The van der Waals surface area contributed by atoms with Crippen LogP contribution < -0.4 is 4.72 Å². The molecule has 1 aliphatic heterocycles. The van der Waals surface area contributed by atoms with Gasteiger partial charge in [-0.2, -0.15) is 4.72 Å². The van der Waals surface area contributed by atoms with Gasteiger partial charge in [0.25, 0.3) is 0 Å². The van der Waals surface area contributed by atoms with Crippen molar-refractivity contribution in [2.75, 3.05) is 0 Å². The molecule has 2 N–H and O–H groups in total. The van der Waals surface area contributed by atoms with Crippen LogP contribution in [0.25, 0.3) is 0 Å². The highest BCUT2D eigenvalue weighted by molar-refractivity contribution is 7.89. The zero-order valence-electron chi connectivity index (χ0n) is 17.5. The van der Waals surface area contributed by atoms with Crippen molar-refractivity contribution in [1.29, 1.82) is 0 Å². The number of carboxylic acids is 1. The van der Waals surface area contributed by atoms with E-state index in [-0.39, 0.29) is 17.2 Å². The zero-order chi connectivity index (χ0) is 21.6. The largest absolute Gasteiger partial charge is 0.480 e. The Morgan fingerprint density at radius 1 is 1.00 bits per heavy atom. The summed E-state index contributed by atoms with van der Waals surface area (Å²) in [6.07, 6.45) is 6.51. The number of fused-ring (bicyclic) bond motifs is 1. The van der Waals surface area contributed by atoms with Gasteiger partial charge in [-0.05, 0) is 48.1 Å². The smallest absolute Gasteiger partial charge is 0.325 e. The van der Waals surface area contributed by atoms with Crippen LogP contribution in [-0.2, 0) is 27.9 Å². The van der Waals surface area contributed by atoms with Gasteiger partial charge in [-0.3, -0.25) is 9.69 Å². The molecular weight excluding hydrogens is 412 g/mol. The van der Waals surface area contributed by atoms with Gasteiger partial charge in [0.2, 0.25) is 10.0 Å². The lowest BCUT2D eigenvalue weighted by Crippen LogP contribution is -2.44. The minimum atomic E-state index is -3.95. The van der Waals surface area contributed by atoms with Crippen LogP contribution in [-0.4, -0.2) is 36.0 Å². The molecule has 0 amide bonds. The van der Waals surface area contributed by atoms with Gasteiger partial charge in [0.1, 0.15) is 5.54 Å². The summed E-state index contributed by atoms with van der Waals surface area (Å²) in [5, 5.41) is 9.85. The molecule has 2 aromatic carbocycles. The lowest BCUT2D eigenvalue weighted by Gasteiger charge is -2.30. The topological polar surface area (TPSA) is 86.7 Å². The Kier molecular flexibility index (Phi) is 5.15. The Morgan fingerprint density at radius 3 is 2.42 bits per heavy atom. The summed E-state index contributed by atoms with van der Waals surface area (Å²) in [5.41, 5.74) is 1.57. The molecule has 0 bridgehead atoms. The third-order valence-electron chi connectivity index (χ3n) is 7.19. The molecule has 0 spiro atoms. The van der Waals surface area contributed by atoms with Crippen LogP contribution in [0.15, 0.2) is 53.4 Å². The molecule has 1 heterocycles.